The first kappa shape index (κ1) is 29.6. The number of allylic oxidation sites excluding steroid dienone is 4. The molecule has 0 aliphatic heterocycles. The summed E-state index contributed by atoms with van der Waals surface area (Å²) in [6, 6.07) is 14.2. The van der Waals surface area contributed by atoms with Crippen molar-refractivity contribution in [3.63, 3.8) is 0 Å². The summed E-state index contributed by atoms with van der Waals surface area (Å²) in [5.41, 5.74) is 2.33. The Hall–Kier alpha value is -3.35. The van der Waals surface area contributed by atoms with Gasteiger partial charge in [0.2, 0.25) is 5.91 Å². The van der Waals surface area contributed by atoms with Crippen molar-refractivity contribution in [3.05, 3.63) is 100 Å². The molecule has 0 spiro atoms. The van der Waals surface area contributed by atoms with Crippen molar-refractivity contribution in [3.8, 4) is 0 Å². The molecule has 0 saturated heterocycles. The predicted molar refractivity (Wildman–Crippen MR) is 157 cm³/mol. The zero-order chi connectivity index (χ0) is 28.9. The SMILES string of the molecule is COC(=O)c1ccc(/C(Cl)=C/[C@@H]2C=C(C)C[C@H]3C[C@H](CC(=O)NCc4ccc(Cl)cc4)C=C[C@]32C(=O)OC)cc1. The lowest BCUT2D eigenvalue weighted by atomic mass is 9.56. The maximum atomic E-state index is 13.4. The van der Waals surface area contributed by atoms with Gasteiger partial charge in [-0.1, -0.05) is 77.3 Å². The minimum atomic E-state index is -0.934. The molecule has 0 radical (unpaired) electrons. The number of fused-ring (bicyclic) bond motifs is 1. The number of nitrogens with one attached hydrogen (secondary N) is 1. The van der Waals surface area contributed by atoms with Gasteiger partial charge in [0.1, 0.15) is 0 Å². The van der Waals surface area contributed by atoms with Crippen molar-refractivity contribution in [2.75, 3.05) is 14.2 Å². The highest BCUT2D eigenvalue weighted by Crippen LogP contribution is 2.53. The van der Waals surface area contributed by atoms with Crippen LogP contribution >= 0.6 is 23.2 Å². The number of benzene rings is 2. The van der Waals surface area contributed by atoms with Crippen LogP contribution in [0.1, 0.15) is 47.7 Å². The van der Waals surface area contributed by atoms with E-state index in [1.165, 1.54) is 14.2 Å². The van der Waals surface area contributed by atoms with E-state index in [9.17, 15) is 14.4 Å². The Balaban J connectivity index is 1.54. The number of esters is 2. The molecule has 2 aromatic rings. The molecule has 1 amide bonds. The Bertz CT molecular complexity index is 1350. The van der Waals surface area contributed by atoms with E-state index in [4.69, 9.17) is 32.7 Å². The van der Waals surface area contributed by atoms with Crippen LogP contribution in [-0.2, 0) is 25.6 Å². The van der Waals surface area contributed by atoms with Crippen molar-refractivity contribution < 1.29 is 23.9 Å². The Kier molecular flexibility index (Phi) is 9.54. The minimum Gasteiger partial charge on any atom is -0.468 e. The van der Waals surface area contributed by atoms with Gasteiger partial charge < -0.3 is 14.8 Å². The quantitative estimate of drug-likeness (QED) is 0.276. The summed E-state index contributed by atoms with van der Waals surface area (Å²) in [7, 11) is 2.73. The number of hydrogen-bond donors (Lipinski definition) is 1. The van der Waals surface area contributed by atoms with Gasteiger partial charge in [-0.3, -0.25) is 9.59 Å². The first-order valence-electron chi connectivity index (χ1n) is 13.2. The molecule has 8 heteroatoms. The van der Waals surface area contributed by atoms with E-state index in [0.717, 1.165) is 23.1 Å². The molecule has 0 unspecified atom stereocenters. The van der Waals surface area contributed by atoms with Crippen LogP contribution in [0.3, 0.4) is 0 Å². The number of methoxy groups -OCH3 is 2. The molecule has 4 rings (SSSR count). The average Bonchev–Trinajstić information content (AvgIpc) is 2.96. The number of hydrogen-bond acceptors (Lipinski definition) is 5. The molecule has 40 heavy (non-hydrogen) atoms. The standard InChI is InChI=1S/C32H33Cl2NO5/c1-20-14-25-16-22(17-29(36)35-19-21-4-10-27(33)11-5-21)12-13-32(25,31(38)40-3)26(15-20)18-28(34)23-6-8-24(9-7-23)30(37)39-2/h4-13,15,18,22,25-26H,14,16-17,19H2,1-3H3,(H,35,36)/b28-18-/t22-,25+,26+,32+/m1/s1. The normalized spacial score (nSPS) is 24.0. The molecule has 0 fully saturated rings. The number of halogens is 2. The molecule has 0 aromatic heterocycles. The van der Waals surface area contributed by atoms with Crippen LogP contribution in [0.2, 0.25) is 5.02 Å². The Morgan fingerprint density at radius 3 is 2.35 bits per heavy atom. The van der Waals surface area contributed by atoms with E-state index < -0.39 is 11.4 Å². The molecule has 1 N–H and O–H groups in total. The first-order valence-corrected chi connectivity index (χ1v) is 13.9. The Morgan fingerprint density at radius 2 is 1.70 bits per heavy atom. The summed E-state index contributed by atoms with van der Waals surface area (Å²) in [5.74, 6) is -1.21. The van der Waals surface area contributed by atoms with Crippen molar-refractivity contribution in [2.24, 2.45) is 23.2 Å². The first-order chi connectivity index (χ1) is 19.2. The maximum absolute atomic E-state index is 13.4. The summed E-state index contributed by atoms with van der Waals surface area (Å²) in [6.45, 7) is 2.48. The van der Waals surface area contributed by atoms with Crippen molar-refractivity contribution in [1.82, 2.24) is 5.32 Å². The minimum absolute atomic E-state index is 0.00938. The summed E-state index contributed by atoms with van der Waals surface area (Å²) < 4.78 is 10.1. The highest BCUT2D eigenvalue weighted by molar-refractivity contribution is 6.48. The van der Waals surface area contributed by atoms with Gasteiger partial charge in [0, 0.05) is 28.9 Å². The van der Waals surface area contributed by atoms with Crippen molar-refractivity contribution in [1.29, 1.82) is 0 Å². The number of ether oxygens (including phenoxy) is 2. The monoisotopic (exact) mass is 581 g/mol. The average molecular weight is 583 g/mol. The van der Waals surface area contributed by atoms with E-state index in [2.05, 4.69) is 11.4 Å². The van der Waals surface area contributed by atoms with Gasteiger partial charge in [-0.25, -0.2) is 4.79 Å². The van der Waals surface area contributed by atoms with E-state index in [-0.39, 0.29) is 29.6 Å². The van der Waals surface area contributed by atoms with Crippen LogP contribution in [0.25, 0.3) is 5.03 Å². The highest BCUT2D eigenvalue weighted by Gasteiger charge is 2.53. The van der Waals surface area contributed by atoms with Gasteiger partial charge in [0.05, 0.1) is 25.2 Å². The lowest BCUT2D eigenvalue weighted by molar-refractivity contribution is -0.155. The largest absolute Gasteiger partial charge is 0.468 e. The molecule has 0 heterocycles. The second kappa shape index (κ2) is 12.9. The maximum Gasteiger partial charge on any atom is 0.337 e. The summed E-state index contributed by atoms with van der Waals surface area (Å²) in [5, 5.41) is 4.10. The fourth-order valence-electron chi connectivity index (χ4n) is 5.74. The number of rotatable bonds is 8. The van der Waals surface area contributed by atoms with Gasteiger partial charge in [0.25, 0.3) is 0 Å². The topological polar surface area (TPSA) is 81.7 Å². The van der Waals surface area contributed by atoms with Crippen LogP contribution in [-0.4, -0.2) is 32.1 Å². The van der Waals surface area contributed by atoms with Gasteiger partial charge in [-0.15, -0.1) is 0 Å². The fraction of sp³-hybridized carbons (Fsp3) is 0.344. The summed E-state index contributed by atoms with van der Waals surface area (Å²) >= 11 is 12.7. The summed E-state index contributed by atoms with van der Waals surface area (Å²) in [6.07, 6.45) is 9.57. The molecular weight excluding hydrogens is 549 g/mol. The second-order valence-corrected chi connectivity index (χ2v) is 11.3. The van der Waals surface area contributed by atoms with Crippen molar-refractivity contribution in [2.45, 2.75) is 32.7 Å². The predicted octanol–water partition coefficient (Wildman–Crippen LogP) is 6.73. The van der Waals surface area contributed by atoms with Crippen LogP contribution in [0, 0.1) is 23.2 Å². The Labute approximate surface area is 245 Å². The van der Waals surface area contributed by atoms with E-state index in [1.54, 1.807) is 36.4 Å². The van der Waals surface area contributed by atoms with Crippen LogP contribution in [0.5, 0.6) is 0 Å². The third-order valence-corrected chi connectivity index (χ3v) is 8.38. The highest BCUT2D eigenvalue weighted by atomic mass is 35.5. The molecular formula is C32H33Cl2NO5. The molecule has 2 aliphatic rings. The molecule has 2 aromatic carbocycles. The number of carbonyl (C=O) groups is 3. The molecule has 2 aliphatic carbocycles. The van der Waals surface area contributed by atoms with Gasteiger partial charge in [-0.2, -0.15) is 0 Å². The lowest BCUT2D eigenvalue weighted by Crippen LogP contribution is -2.48. The van der Waals surface area contributed by atoms with Gasteiger partial charge in [0.15, 0.2) is 0 Å². The van der Waals surface area contributed by atoms with Crippen LogP contribution < -0.4 is 5.32 Å². The van der Waals surface area contributed by atoms with Crippen LogP contribution in [0.15, 0.2) is 78.4 Å². The molecule has 210 valence electrons. The van der Waals surface area contributed by atoms with Gasteiger partial charge in [-0.05, 0) is 67.0 Å². The Morgan fingerprint density at radius 1 is 1.02 bits per heavy atom. The molecule has 0 saturated carbocycles. The van der Waals surface area contributed by atoms with E-state index >= 15 is 0 Å². The number of amides is 1. The fourth-order valence-corrected chi connectivity index (χ4v) is 6.13. The molecule has 0 bridgehead atoms. The van der Waals surface area contributed by atoms with Crippen molar-refractivity contribution >= 4 is 46.1 Å². The second-order valence-electron chi connectivity index (χ2n) is 10.4. The zero-order valence-electron chi connectivity index (χ0n) is 22.8. The summed E-state index contributed by atoms with van der Waals surface area (Å²) in [4.78, 5) is 38.0. The third-order valence-electron chi connectivity index (χ3n) is 7.79. The lowest BCUT2D eigenvalue weighted by Gasteiger charge is -2.47. The van der Waals surface area contributed by atoms with Crippen LogP contribution in [0.4, 0.5) is 0 Å². The van der Waals surface area contributed by atoms with E-state index in [1.807, 2.05) is 37.3 Å². The smallest absolute Gasteiger partial charge is 0.337 e. The zero-order valence-corrected chi connectivity index (χ0v) is 24.3. The third kappa shape index (κ3) is 6.51. The van der Waals surface area contributed by atoms with Gasteiger partial charge >= 0.3 is 11.9 Å². The number of carbonyl (C=O) groups excluding carboxylic acids is 3. The van der Waals surface area contributed by atoms with E-state index in [0.29, 0.717) is 35.0 Å². The molecule has 6 nitrogen and oxygen atoms in total. The molecule has 4 atom stereocenters.